The zero-order valence-corrected chi connectivity index (χ0v) is 9.56. The van der Waals surface area contributed by atoms with Crippen molar-refractivity contribution in [2.75, 3.05) is 0 Å². The Kier molecular flexibility index (Phi) is 2.00. The number of aryl methyl sites for hydroxylation is 1. The summed E-state index contributed by atoms with van der Waals surface area (Å²) in [5, 5.41) is 0. The van der Waals surface area contributed by atoms with E-state index in [1.807, 2.05) is 0 Å². The maximum atomic E-state index is 6.23. The van der Waals surface area contributed by atoms with Gasteiger partial charge in [0.2, 0.25) is 0 Å². The quantitative estimate of drug-likeness (QED) is 0.802. The topological polar surface area (TPSA) is 26.0 Å². The van der Waals surface area contributed by atoms with Crippen LogP contribution in [0.2, 0.25) is 0 Å². The molecule has 0 radical (unpaired) electrons. The van der Waals surface area contributed by atoms with Crippen molar-refractivity contribution >= 4 is 15.9 Å². The van der Waals surface area contributed by atoms with Crippen molar-refractivity contribution in [1.82, 2.24) is 0 Å². The summed E-state index contributed by atoms with van der Waals surface area (Å²) in [4.78, 5) is 0. The lowest BCUT2D eigenvalue weighted by molar-refractivity contribution is 0.661. The first kappa shape index (κ1) is 9.22. The van der Waals surface area contributed by atoms with Crippen LogP contribution in [0.15, 0.2) is 22.7 Å². The van der Waals surface area contributed by atoms with E-state index in [4.69, 9.17) is 5.73 Å². The number of hydrogen-bond donors (Lipinski definition) is 1. The summed E-state index contributed by atoms with van der Waals surface area (Å²) >= 11 is 3.57. The van der Waals surface area contributed by atoms with Gasteiger partial charge in [0.25, 0.3) is 0 Å². The lowest BCUT2D eigenvalue weighted by Gasteiger charge is -2.13. The smallest absolute Gasteiger partial charge is 0.0450 e. The van der Waals surface area contributed by atoms with Crippen molar-refractivity contribution in [2.45, 2.75) is 25.8 Å². The van der Waals surface area contributed by atoms with Gasteiger partial charge in [0.15, 0.2) is 0 Å². The van der Waals surface area contributed by atoms with E-state index in [-0.39, 0.29) is 5.54 Å². The summed E-state index contributed by atoms with van der Waals surface area (Å²) in [6, 6.07) is 6.40. The predicted molar refractivity (Wildman–Crippen MR) is 58.5 cm³/mol. The first-order chi connectivity index (χ1) is 6.04. The Hall–Kier alpha value is -0.340. The van der Waals surface area contributed by atoms with Crippen molar-refractivity contribution in [3.8, 4) is 0 Å². The van der Waals surface area contributed by atoms with E-state index in [0.29, 0.717) is 5.92 Å². The van der Waals surface area contributed by atoms with Crippen LogP contribution in [0.1, 0.15) is 24.5 Å². The van der Waals surface area contributed by atoms with Gasteiger partial charge in [-0.05, 0) is 36.5 Å². The van der Waals surface area contributed by atoms with Crippen LogP contribution in [0, 0.1) is 12.8 Å². The molecule has 1 fully saturated rings. The van der Waals surface area contributed by atoms with Crippen LogP contribution in [0.4, 0.5) is 0 Å². The molecule has 13 heavy (non-hydrogen) atoms. The molecule has 2 atom stereocenters. The monoisotopic (exact) mass is 239 g/mol. The molecule has 1 aliphatic rings. The summed E-state index contributed by atoms with van der Waals surface area (Å²) in [6.07, 6.45) is 1.11. The SMILES string of the molecule is Cc1ccc(C2(N)CC2C)c(Br)c1. The fraction of sp³-hybridized carbons (Fsp3) is 0.455. The molecule has 1 aliphatic carbocycles. The second-order valence-electron chi connectivity index (χ2n) is 4.13. The molecule has 2 heteroatoms. The molecule has 0 amide bonds. The van der Waals surface area contributed by atoms with Crippen LogP contribution < -0.4 is 5.73 Å². The lowest BCUT2D eigenvalue weighted by Crippen LogP contribution is -2.21. The van der Waals surface area contributed by atoms with Gasteiger partial charge < -0.3 is 5.73 Å². The van der Waals surface area contributed by atoms with Crippen LogP contribution in [0.3, 0.4) is 0 Å². The molecule has 1 saturated carbocycles. The minimum absolute atomic E-state index is 0.0630. The van der Waals surface area contributed by atoms with Crippen molar-refractivity contribution in [3.05, 3.63) is 33.8 Å². The normalized spacial score (nSPS) is 31.8. The van der Waals surface area contributed by atoms with Gasteiger partial charge in [0.1, 0.15) is 0 Å². The van der Waals surface area contributed by atoms with E-state index < -0.39 is 0 Å². The van der Waals surface area contributed by atoms with Crippen LogP contribution in [0.5, 0.6) is 0 Å². The highest BCUT2D eigenvalue weighted by Gasteiger charge is 2.49. The molecule has 0 aliphatic heterocycles. The molecule has 1 aromatic rings. The lowest BCUT2D eigenvalue weighted by atomic mass is 10.0. The number of benzene rings is 1. The maximum absolute atomic E-state index is 6.23. The summed E-state index contributed by atoms with van der Waals surface area (Å²) in [5.74, 6) is 0.617. The summed E-state index contributed by atoms with van der Waals surface area (Å²) in [6.45, 7) is 4.29. The van der Waals surface area contributed by atoms with Gasteiger partial charge in [0, 0.05) is 10.0 Å². The van der Waals surface area contributed by atoms with Gasteiger partial charge in [-0.1, -0.05) is 35.0 Å². The molecule has 70 valence electrons. The molecule has 0 spiro atoms. The molecular weight excluding hydrogens is 226 g/mol. The van der Waals surface area contributed by atoms with Crippen molar-refractivity contribution in [1.29, 1.82) is 0 Å². The van der Waals surface area contributed by atoms with Crippen LogP contribution >= 0.6 is 15.9 Å². The molecular formula is C11H14BrN. The highest BCUT2D eigenvalue weighted by Crippen LogP contribution is 2.51. The third-order valence-electron chi connectivity index (χ3n) is 2.99. The average molecular weight is 240 g/mol. The van der Waals surface area contributed by atoms with Gasteiger partial charge in [-0.2, -0.15) is 0 Å². The number of nitrogens with two attached hydrogens (primary N) is 1. The average Bonchev–Trinajstić information content (AvgIpc) is 2.59. The highest BCUT2D eigenvalue weighted by atomic mass is 79.9. The second kappa shape index (κ2) is 2.82. The zero-order valence-electron chi connectivity index (χ0n) is 7.97. The molecule has 1 aromatic carbocycles. The van der Waals surface area contributed by atoms with Gasteiger partial charge in [-0.15, -0.1) is 0 Å². The minimum atomic E-state index is -0.0630. The molecule has 2 N–H and O–H groups in total. The molecule has 2 unspecified atom stereocenters. The Morgan fingerprint density at radius 1 is 1.54 bits per heavy atom. The standard InChI is InChI=1S/C11H14BrN/c1-7-3-4-9(10(12)5-7)11(13)6-8(11)2/h3-5,8H,6,13H2,1-2H3. The van der Waals surface area contributed by atoms with E-state index in [1.54, 1.807) is 0 Å². The fourth-order valence-electron chi connectivity index (χ4n) is 1.82. The van der Waals surface area contributed by atoms with E-state index >= 15 is 0 Å². The largest absolute Gasteiger partial charge is 0.321 e. The van der Waals surface area contributed by atoms with E-state index in [9.17, 15) is 0 Å². The van der Waals surface area contributed by atoms with Gasteiger partial charge >= 0.3 is 0 Å². The molecule has 0 aromatic heterocycles. The Morgan fingerprint density at radius 3 is 2.62 bits per heavy atom. The van der Waals surface area contributed by atoms with E-state index in [1.165, 1.54) is 11.1 Å². The van der Waals surface area contributed by atoms with Gasteiger partial charge in [-0.25, -0.2) is 0 Å². The summed E-state index contributed by atoms with van der Waals surface area (Å²) in [5.41, 5.74) is 8.70. The second-order valence-corrected chi connectivity index (χ2v) is 4.98. The Balaban J connectivity index is 2.42. The Labute approximate surface area is 87.5 Å². The highest BCUT2D eigenvalue weighted by molar-refractivity contribution is 9.10. The summed E-state index contributed by atoms with van der Waals surface area (Å²) in [7, 11) is 0. The molecule has 2 rings (SSSR count). The predicted octanol–water partition coefficient (Wildman–Crippen LogP) is 2.95. The van der Waals surface area contributed by atoms with Crippen molar-refractivity contribution in [3.63, 3.8) is 0 Å². The van der Waals surface area contributed by atoms with Crippen LogP contribution in [-0.2, 0) is 5.54 Å². The van der Waals surface area contributed by atoms with Crippen LogP contribution in [-0.4, -0.2) is 0 Å². The molecule has 0 heterocycles. The van der Waals surface area contributed by atoms with Crippen molar-refractivity contribution < 1.29 is 0 Å². The number of halogens is 1. The Morgan fingerprint density at radius 2 is 2.15 bits per heavy atom. The summed E-state index contributed by atoms with van der Waals surface area (Å²) < 4.78 is 1.15. The fourth-order valence-corrected chi connectivity index (χ4v) is 2.68. The third-order valence-corrected chi connectivity index (χ3v) is 3.65. The molecule has 1 nitrogen and oxygen atoms in total. The third kappa shape index (κ3) is 1.42. The maximum Gasteiger partial charge on any atom is 0.0450 e. The molecule has 0 saturated heterocycles. The first-order valence-corrected chi connectivity index (χ1v) is 5.39. The van der Waals surface area contributed by atoms with E-state index in [2.05, 4.69) is 48.0 Å². The van der Waals surface area contributed by atoms with Gasteiger partial charge in [-0.3, -0.25) is 0 Å². The number of hydrogen-bond acceptors (Lipinski definition) is 1. The number of rotatable bonds is 1. The van der Waals surface area contributed by atoms with Crippen molar-refractivity contribution in [2.24, 2.45) is 11.7 Å². The first-order valence-electron chi connectivity index (χ1n) is 4.59. The van der Waals surface area contributed by atoms with Crippen LogP contribution in [0.25, 0.3) is 0 Å². The Bertz CT molecular complexity index is 348. The van der Waals surface area contributed by atoms with E-state index in [0.717, 1.165) is 10.9 Å². The van der Waals surface area contributed by atoms with Gasteiger partial charge in [0.05, 0.1) is 0 Å². The zero-order chi connectivity index (χ0) is 9.64. The molecule has 0 bridgehead atoms. The minimum Gasteiger partial charge on any atom is -0.321 e.